The SMILES string of the molecule is C=CC(=O)N1CCCC(n2c(=O)n(-c3ccc(-c4noc(C)n4)cc3)c3c(N)ncnc32)C1. The molecule has 168 valence electrons. The number of nitrogens with two attached hydrogens (primary N) is 1. The van der Waals surface area contributed by atoms with Gasteiger partial charge in [0.25, 0.3) is 0 Å². The number of piperidine rings is 1. The smallest absolute Gasteiger partial charge is 0.335 e. The molecule has 0 bridgehead atoms. The zero-order valence-electron chi connectivity index (χ0n) is 18.0. The van der Waals surface area contributed by atoms with Crippen molar-refractivity contribution in [2.75, 3.05) is 18.8 Å². The summed E-state index contributed by atoms with van der Waals surface area (Å²) in [6.45, 7) is 6.31. The second-order valence-electron chi connectivity index (χ2n) is 7.89. The predicted molar refractivity (Wildman–Crippen MR) is 121 cm³/mol. The van der Waals surface area contributed by atoms with Crippen LogP contribution in [-0.4, -0.2) is 53.1 Å². The van der Waals surface area contributed by atoms with Gasteiger partial charge in [-0.2, -0.15) is 4.98 Å². The number of benzene rings is 1. The molecule has 1 amide bonds. The van der Waals surface area contributed by atoms with E-state index in [0.717, 1.165) is 18.4 Å². The van der Waals surface area contributed by atoms with E-state index in [4.69, 9.17) is 10.3 Å². The van der Waals surface area contributed by atoms with Gasteiger partial charge in [-0.3, -0.25) is 13.9 Å². The van der Waals surface area contributed by atoms with Gasteiger partial charge >= 0.3 is 5.69 Å². The van der Waals surface area contributed by atoms with Crippen LogP contribution >= 0.6 is 0 Å². The summed E-state index contributed by atoms with van der Waals surface area (Å²) >= 11 is 0. The van der Waals surface area contributed by atoms with Crippen LogP contribution in [0.15, 0.2) is 52.6 Å². The number of amides is 1. The fraction of sp³-hybridized carbons (Fsp3) is 0.273. The number of aromatic nitrogens is 6. The number of carbonyl (C=O) groups excluding carboxylic acids is 1. The summed E-state index contributed by atoms with van der Waals surface area (Å²) < 4.78 is 8.17. The summed E-state index contributed by atoms with van der Waals surface area (Å²) in [5.74, 6) is 0.974. The van der Waals surface area contributed by atoms with Crippen molar-refractivity contribution in [2.45, 2.75) is 25.8 Å². The molecule has 1 atom stereocenters. The third-order valence-electron chi connectivity index (χ3n) is 5.84. The molecule has 1 aliphatic heterocycles. The summed E-state index contributed by atoms with van der Waals surface area (Å²) in [5.41, 5.74) is 8.11. The Labute approximate surface area is 188 Å². The third kappa shape index (κ3) is 3.47. The highest BCUT2D eigenvalue weighted by molar-refractivity contribution is 5.87. The maximum absolute atomic E-state index is 13.7. The van der Waals surface area contributed by atoms with Crippen LogP contribution in [0, 0.1) is 6.92 Å². The van der Waals surface area contributed by atoms with E-state index in [1.165, 1.54) is 17.0 Å². The van der Waals surface area contributed by atoms with E-state index >= 15 is 0 Å². The van der Waals surface area contributed by atoms with Gasteiger partial charge in [0.15, 0.2) is 11.5 Å². The minimum absolute atomic E-state index is 0.155. The average molecular weight is 446 g/mol. The molecule has 0 saturated carbocycles. The Hall–Kier alpha value is -4.28. The molecule has 11 heteroatoms. The number of hydrogen-bond donors (Lipinski definition) is 1. The van der Waals surface area contributed by atoms with Crippen LogP contribution in [-0.2, 0) is 4.79 Å². The van der Waals surface area contributed by atoms with Crippen LogP contribution in [0.25, 0.3) is 28.2 Å². The summed E-state index contributed by atoms with van der Waals surface area (Å²) in [6, 6.07) is 6.94. The lowest BCUT2D eigenvalue weighted by molar-refractivity contribution is -0.127. The molecular formula is C22H22N8O3. The first-order valence-electron chi connectivity index (χ1n) is 10.5. The van der Waals surface area contributed by atoms with E-state index in [0.29, 0.717) is 41.7 Å². The molecule has 3 aromatic heterocycles. The maximum Gasteiger partial charge on any atom is 0.335 e. The van der Waals surface area contributed by atoms with Crippen molar-refractivity contribution in [1.29, 1.82) is 0 Å². The lowest BCUT2D eigenvalue weighted by atomic mass is 10.1. The van der Waals surface area contributed by atoms with Gasteiger partial charge in [-0.05, 0) is 43.2 Å². The molecule has 4 heterocycles. The third-order valence-corrected chi connectivity index (χ3v) is 5.84. The zero-order valence-corrected chi connectivity index (χ0v) is 18.0. The maximum atomic E-state index is 13.7. The normalized spacial score (nSPS) is 16.3. The minimum Gasteiger partial charge on any atom is -0.382 e. The molecule has 1 aliphatic rings. The molecule has 11 nitrogen and oxygen atoms in total. The van der Waals surface area contributed by atoms with E-state index in [9.17, 15) is 9.59 Å². The number of likely N-dealkylation sites (tertiary alicyclic amines) is 1. The van der Waals surface area contributed by atoms with Crippen molar-refractivity contribution in [3.05, 3.63) is 59.6 Å². The fourth-order valence-electron chi connectivity index (χ4n) is 4.31. The van der Waals surface area contributed by atoms with Crippen LogP contribution < -0.4 is 11.4 Å². The van der Waals surface area contributed by atoms with E-state index in [1.807, 2.05) is 0 Å². The molecule has 33 heavy (non-hydrogen) atoms. The number of hydrogen-bond acceptors (Lipinski definition) is 8. The molecule has 0 radical (unpaired) electrons. The Morgan fingerprint density at radius 2 is 2.06 bits per heavy atom. The Morgan fingerprint density at radius 1 is 1.27 bits per heavy atom. The Morgan fingerprint density at radius 3 is 2.76 bits per heavy atom. The highest BCUT2D eigenvalue weighted by Gasteiger charge is 2.29. The molecule has 1 aromatic carbocycles. The summed E-state index contributed by atoms with van der Waals surface area (Å²) in [6.07, 6.45) is 4.14. The quantitative estimate of drug-likeness (QED) is 0.469. The number of nitrogen functional groups attached to an aromatic ring is 1. The number of imidazole rings is 1. The van der Waals surface area contributed by atoms with Crippen molar-refractivity contribution in [3.8, 4) is 17.1 Å². The first-order chi connectivity index (χ1) is 16.0. The van der Waals surface area contributed by atoms with Gasteiger partial charge in [-0.25, -0.2) is 14.8 Å². The molecule has 4 aromatic rings. The topological polar surface area (TPSA) is 138 Å². The average Bonchev–Trinajstić information content (AvgIpc) is 3.40. The molecule has 0 aliphatic carbocycles. The first kappa shape index (κ1) is 20.6. The van der Waals surface area contributed by atoms with Crippen molar-refractivity contribution in [1.82, 2.24) is 34.1 Å². The summed E-state index contributed by atoms with van der Waals surface area (Å²) in [4.78, 5) is 40.3. The molecule has 5 rings (SSSR count). The molecule has 1 unspecified atom stereocenters. The summed E-state index contributed by atoms with van der Waals surface area (Å²) in [5, 5.41) is 3.93. The monoisotopic (exact) mass is 446 g/mol. The number of carbonyl (C=O) groups is 1. The lowest BCUT2D eigenvalue weighted by Gasteiger charge is -2.32. The second-order valence-corrected chi connectivity index (χ2v) is 7.89. The van der Waals surface area contributed by atoms with Gasteiger partial charge in [0.2, 0.25) is 17.6 Å². The predicted octanol–water partition coefficient (Wildman–Crippen LogP) is 1.87. The number of aryl methyl sites for hydroxylation is 1. The van der Waals surface area contributed by atoms with Crippen molar-refractivity contribution in [3.63, 3.8) is 0 Å². The van der Waals surface area contributed by atoms with Gasteiger partial charge in [0, 0.05) is 25.6 Å². The number of fused-ring (bicyclic) bond motifs is 1. The molecular weight excluding hydrogens is 424 g/mol. The van der Waals surface area contributed by atoms with Gasteiger partial charge < -0.3 is 15.2 Å². The second kappa shape index (κ2) is 8.01. The molecule has 2 N–H and O–H groups in total. The highest BCUT2D eigenvalue weighted by atomic mass is 16.5. The van der Waals surface area contributed by atoms with Gasteiger partial charge in [-0.15, -0.1) is 0 Å². The van der Waals surface area contributed by atoms with Crippen molar-refractivity contribution >= 4 is 22.9 Å². The first-order valence-corrected chi connectivity index (χ1v) is 10.5. The van der Waals surface area contributed by atoms with Crippen LogP contribution in [0.1, 0.15) is 24.8 Å². The lowest BCUT2D eigenvalue weighted by Crippen LogP contribution is -2.42. The number of nitrogens with zero attached hydrogens (tertiary/aromatic N) is 7. The zero-order chi connectivity index (χ0) is 23.1. The van der Waals surface area contributed by atoms with Crippen LogP contribution in [0.3, 0.4) is 0 Å². The number of anilines is 1. The van der Waals surface area contributed by atoms with Crippen molar-refractivity contribution < 1.29 is 9.32 Å². The van der Waals surface area contributed by atoms with Crippen molar-refractivity contribution in [2.24, 2.45) is 0 Å². The van der Waals surface area contributed by atoms with Crippen LogP contribution in [0.2, 0.25) is 0 Å². The minimum atomic E-state index is -0.293. The Balaban J connectivity index is 1.62. The van der Waals surface area contributed by atoms with E-state index < -0.39 is 0 Å². The molecule has 1 saturated heterocycles. The van der Waals surface area contributed by atoms with Gasteiger partial charge in [-0.1, -0.05) is 11.7 Å². The van der Waals surface area contributed by atoms with Gasteiger partial charge in [0.05, 0.1) is 11.7 Å². The standard InChI is InChI=1S/C22H22N8O3/c1-3-17(31)28-10-4-5-16(11-28)30-21-18(19(23)24-12-25-21)29(22(30)32)15-8-6-14(7-9-15)20-26-13(2)33-27-20/h3,6-9,12,16H,1,4-5,10-11H2,2H3,(H2,23,24,25). The molecule has 0 spiro atoms. The summed E-state index contributed by atoms with van der Waals surface area (Å²) in [7, 11) is 0. The van der Waals surface area contributed by atoms with Gasteiger partial charge in [0.1, 0.15) is 11.8 Å². The highest BCUT2D eigenvalue weighted by Crippen LogP contribution is 2.28. The molecule has 1 fully saturated rings. The Bertz CT molecular complexity index is 1420. The van der Waals surface area contributed by atoms with Crippen LogP contribution in [0.5, 0.6) is 0 Å². The Kier molecular flexibility index (Phi) is 5.00. The largest absolute Gasteiger partial charge is 0.382 e. The van der Waals surface area contributed by atoms with E-state index in [1.54, 1.807) is 40.7 Å². The van der Waals surface area contributed by atoms with E-state index in [2.05, 4.69) is 26.7 Å². The van der Waals surface area contributed by atoms with Crippen LogP contribution in [0.4, 0.5) is 5.82 Å². The van der Waals surface area contributed by atoms with E-state index in [-0.39, 0.29) is 23.5 Å². The number of rotatable bonds is 4. The fourth-order valence-corrected chi connectivity index (χ4v) is 4.31.